The van der Waals surface area contributed by atoms with E-state index >= 15 is 0 Å². The molecule has 0 N–H and O–H groups in total. The Kier molecular flexibility index (Phi) is 12.4. The highest BCUT2D eigenvalue weighted by atomic mass is 32.1. The van der Waals surface area contributed by atoms with Gasteiger partial charge in [0.05, 0.1) is 22.1 Å². The summed E-state index contributed by atoms with van der Waals surface area (Å²) in [5.41, 5.74) is 18.9. The average molecular weight is 1260 g/mol. The molecule has 20 rings (SSSR count). The second-order valence-corrected chi connectivity index (χ2v) is 27.2. The number of hydrogen-bond acceptors (Lipinski definition) is 6. The van der Waals surface area contributed by atoms with Crippen molar-refractivity contribution in [3.05, 3.63) is 328 Å². The summed E-state index contributed by atoms with van der Waals surface area (Å²) in [7, 11) is 0. The van der Waals surface area contributed by atoms with E-state index in [0.29, 0.717) is 0 Å². The Morgan fingerprint density at radius 3 is 1.19 bits per heavy atom. The van der Waals surface area contributed by atoms with E-state index in [9.17, 15) is 0 Å². The Morgan fingerprint density at radius 2 is 0.604 bits per heavy atom. The van der Waals surface area contributed by atoms with Crippen LogP contribution in [0.1, 0.15) is 0 Å². The van der Waals surface area contributed by atoms with E-state index in [-0.39, 0.29) is 0 Å². The second-order valence-electron chi connectivity index (χ2n) is 25.1. The SMILES string of the molecule is c1ccc(-c2ccc(N(c3ccc(-c4ccccc4)cc3)c3cc(-c4ccc5cc6sc7c(ccc8oc9cccc(N(c%10ccccc%10)c%10ccc(-c%11ccc%12ccccc%12c%11)cc%10)c9c87)c6cc5c4)cc4oc5ccc6c7cc8ccccc8cc7sc6c5c34)cc2)cc1. The lowest BCUT2D eigenvalue weighted by Gasteiger charge is -2.27. The maximum Gasteiger partial charge on any atom is 0.138 e. The minimum atomic E-state index is 0.832. The van der Waals surface area contributed by atoms with E-state index in [1.165, 1.54) is 89.5 Å². The fraction of sp³-hybridized carbons (Fsp3) is 0. The molecule has 20 aromatic rings. The van der Waals surface area contributed by atoms with E-state index in [1.807, 2.05) is 22.7 Å². The number of anilines is 6. The zero-order valence-electron chi connectivity index (χ0n) is 51.7. The van der Waals surface area contributed by atoms with Crippen LogP contribution >= 0.6 is 22.7 Å². The maximum absolute atomic E-state index is 7.23. The molecule has 448 valence electrons. The predicted octanol–water partition coefficient (Wildman–Crippen LogP) is 27.3. The van der Waals surface area contributed by atoms with Crippen LogP contribution in [0.4, 0.5) is 34.1 Å². The Labute approximate surface area is 560 Å². The van der Waals surface area contributed by atoms with E-state index in [1.54, 1.807) is 0 Å². The molecule has 0 saturated carbocycles. The molecule has 0 radical (unpaired) electrons. The molecule has 4 aromatic heterocycles. The standard InChI is InChI=1S/C90H54N2O2S2/c1-4-15-55(16-5-1)58-31-37-71(38-32-58)92(72-39-33-59(34-40-72)56-17-6-2-7-18-56)78-51-68(52-82-86(78)88-81(94-82)46-44-73-75-49-62-21-12-13-22-63(62)53-83(75)95-90(73)88)65-29-30-66-54-84-76(50-67(66)48-65)74-43-45-80-87(89(74)96-84)85-77(25-14-26-79(85)93-80)91(69-23-8-3-9-24-69)70-41-35-60(36-42-70)64-28-27-57-19-10-11-20-61(57)47-64/h1-54H. The molecule has 0 aliphatic carbocycles. The van der Waals surface area contributed by atoms with Crippen LogP contribution in [0.3, 0.4) is 0 Å². The molecule has 0 unspecified atom stereocenters. The van der Waals surface area contributed by atoms with E-state index < -0.39 is 0 Å². The third-order valence-electron chi connectivity index (χ3n) is 19.6. The van der Waals surface area contributed by atoms with Crippen LogP contribution in [0.25, 0.3) is 161 Å². The molecular formula is C90H54N2O2S2. The lowest BCUT2D eigenvalue weighted by Crippen LogP contribution is -2.10. The highest BCUT2D eigenvalue weighted by Gasteiger charge is 2.26. The third-order valence-corrected chi connectivity index (χ3v) is 21.9. The van der Waals surface area contributed by atoms with Gasteiger partial charge in [-0.05, 0) is 210 Å². The van der Waals surface area contributed by atoms with Crippen molar-refractivity contribution >= 4 is 173 Å². The smallest absolute Gasteiger partial charge is 0.138 e. The number of fused-ring (bicyclic) bond motifs is 17. The number of benzene rings is 16. The van der Waals surface area contributed by atoms with Crippen LogP contribution < -0.4 is 9.80 Å². The van der Waals surface area contributed by atoms with Crippen molar-refractivity contribution < 1.29 is 8.83 Å². The molecule has 0 bridgehead atoms. The summed E-state index contributed by atoms with van der Waals surface area (Å²) in [6.45, 7) is 0. The number of para-hydroxylation sites is 1. The first-order valence-electron chi connectivity index (χ1n) is 32.6. The zero-order valence-corrected chi connectivity index (χ0v) is 53.3. The molecule has 0 amide bonds. The molecule has 0 aliphatic heterocycles. The van der Waals surface area contributed by atoms with Crippen molar-refractivity contribution in [2.45, 2.75) is 0 Å². The van der Waals surface area contributed by atoms with Gasteiger partial charge in [-0.15, -0.1) is 22.7 Å². The summed E-state index contributed by atoms with van der Waals surface area (Å²) in [6.07, 6.45) is 0. The first kappa shape index (κ1) is 54.5. The lowest BCUT2D eigenvalue weighted by molar-refractivity contribution is 0.669. The Bertz CT molecular complexity index is 6400. The topological polar surface area (TPSA) is 32.8 Å². The number of rotatable bonds is 10. The summed E-state index contributed by atoms with van der Waals surface area (Å²) >= 11 is 3.71. The van der Waals surface area contributed by atoms with Crippen molar-refractivity contribution in [2.75, 3.05) is 9.80 Å². The molecule has 16 aromatic carbocycles. The molecule has 4 heterocycles. The van der Waals surface area contributed by atoms with Gasteiger partial charge in [0.25, 0.3) is 0 Å². The van der Waals surface area contributed by atoms with Crippen molar-refractivity contribution in [3.8, 4) is 44.5 Å². The van der Waals surface area contributed by atoms with E-state index in [4.69, 9.17) is 8.83 Å². The van der Waals surface area contributed by atoms with Crippen LogP contribution in [0, 0.1) is 0 Å². The normalized spacial score (nSPS) is 12.0. The summed E-state index contributed by atoms with van der Waals surface area (Å²) in [6, 6.07) is 120. The highest BCUT2D eigenvalue weighted by Crippen LogP contribution is 2.52. The summed E-state index contributed by atoms with van der Waals surface area (Å²) in [4.78, 5) is 4.83. The Morgan fingerprint density at radius 1 is 0.208 bits per heavy atom. The first-order valence-corrected chi connectivity index (χ1v) is 34.2. The van der Waals surface area contributed by atoms with Gasteiger partial charge < -0.3 is 18.6 Å². The molecule has 0 saturated heterocycles. The number of furan rings is 2. The highest BCUT2D eigenvalue weighted by molar-refractivity contribution is 7.27. The Hall–Kier alpha value is -12.1. The zero-order chi connectivity index (χ0) is 63.0. The molecule has 6 heteroatoms. The second kappa shape index (κ2) is 21.8. The molecule has 0 atom stereocenters. The fourth-order valence-corrected chi connectivity index (χ4v) is 17.5. The van der Waals surface area contributed by atoms with Crippen molar-refractivity contribution in [3.63, 3.8) is 0 Å². The van der Waals surface area contributed by atoms with Gasteiger partial charge in [-0.2, -0.15) is 0 Å². The lowest BCUT2D eigenvalue weighted by atomic mass is 9.96. The first-order chi connectivity index (χ1) is 47.5. The predicted molar refractivity (Wildman–Crippen MR) is 410 cm³/mol. The molecule has 96 heavy (non-hydrogen) atoms. The number of nitrogens with zero attached hydrogens (tertiary/aromatic N) is 2. The largest absolute Gasteiger partial charge is 0.456 e. The molecule has 0 fully saturated rings. The van der Waals surface area contributed by atoms with Gasteiger partial charge in [0, 0.05) is 73.9 Å². The van der Waals surface area contributed by atoms with Gasteiger partial charge in [0.15, 0.2) is 0 Å². The number of thiophene rings is 2. The van der Waals surface area contributed by atoms with E-state index in [0.717, 1.165) is 106 Å². The monoisotopic (exact) mass is 1260 g/mol. The van der Waals surface area contributed by atoms with Gasteiger partial charge >= 0.3 is 0 Å². The summed E-state index contributed by atoms with van der Waals surface area (Å²) in [5, 5.41) is 16.6. The van der Waals surface area contributed by atoms with Gasteiger partial charge in [0.1, 0.15) is 22.3 Å². The fourth-order valence-electron chi connectivity index (χ4n) is 14.9. The van der Waals surface area contributed by atoms with Gasteiger partial charge in [-0.3, -0.25) is 0 Å². The van der Waals surface area contributed by atoms with Crippen molar-refractivity contribution in [1.29, 1.82) is 0 Å². The van der Waals surface area contributed by atoms with Crippen LogP contribution in [0.15, 0.2) is 336 Å². The van der Waals surface area contributed by atoms with Gasteiger partial charge in [-0.1, -0.05) is 194 Å². The van der Waals surface area contributed by atoms with Gasteiger partial charge in [-0.25, -0.2) is 0 Å². The summed E-state index contributed by atoms with van der Waals surface area (Å²) < 4.78 is 19.0. The van der Waals surface area contributed by atoms with Crippen molar-refractivity contribution in [2.24, 2.45) is 0 Å². The number of hydrogen-bond donors (Lipinski definition) is 0. The van der Waals surface area contributed by atoms with E-state index in [2.05, 4.69) is 337 Å². The third kappa shape index (κ3) is 8.87. The molecule has 0 aliphatic rings. The molecular weight excluding hydrogens is 1210 g/mol. The van der Waals surface area contributed by atoms with Crippen LogP contribution in [0.5, 0.6) is 0 Å². The minimum Gasteiger partial charge on any atom is -0.456 e. The molecule has 0 spiro atoms. The van der Waals surface area contributed by atoms with Crippen LogP contribution in [0.2, 0.25) is 0 Å². The maximum atomic E-state index is 7.23. The summed E-state index contributed by atoms with van der Waals surface area (Å²) in [5.74, 6) is 0. The minimum absolute atomic E-state index is 0.832. The van der Waals surface area contributed by atoms with Gasteiger partial charge in [0.2, 0.25) is 0 Å². The molecule has 4 nitrogen and oxygen atoms in total. The van der Waals surface area contributed by atoms with Crippen LogP contribution in [-0.4, -0.2) is 0 Å². The van der Waals surface area contributed by atoms with Crippen molar-refractivity contribution in [1.82, 2.24) is 0 Å². The average Bonchev–Trinajstić information content (AvgIpc) is 1.56. The van der Waals surface area contributed by atoms with Crippen LogP contribution in [-0.2, 0) is 0 Å². The quantitative estimate of drug-likeness (QED) is 0.137. The Balaban J connectivity index is 0.760.